The van der Waals surface area contributed by atoms with E-state index in [0.29, 0.717) is 5.71 Å². The minimum absolute atomic E-state index is 0.181. The molecule has 3 N–H and O–H groups in total. The number of amides is 2. The molecular formula is C18H24N4O2. The van der Waals surface area contributed by atoms with Gasteiger partial charge in [0, 0.05) is 12.5 Å². The Kier molecular flexibility index (Phi) is 4.83. The number of carbonyl (C=O) groups is 2. The van der Waals surface area contributed by atoms with Crippen LogP contribution in [0.1, 0.15) is 39.0 Å². The maximum atomic E-state index is 12.5. The first-order chi connectivity index (χ1) is 11.5. The summed E-state index contributed by atoms with van der Waals surface area (Å²) in [5.74, 6) is 0.0749. The van der Waals surface area contributed by atoms with Gasteiger partial charge in [-0.3, -0.25) is 14.6 Å². The van der Waals surface area contributed by atoms with Crippen molar-refractivity contribution in [1.82, 2.24) is 5.32 Å². The van der Waals surface area contributed by atoms with Gasteiger partial charge in [-0.05, 0) is 43.7 Å². The number of para-hydroxylation sites is 1. The molecule has 1 aromatic rings. The first kappa shape index (κ1) is 16.5. The average molecular weight is 328 g/mol. The molecule has 1 heterocycles. The van der Waals surface area contributed by atoms with Crippen molar-refractivity contribution in [1.29, 1.82) is 0 Å². The molecule has 1 saturated carbocycles. The van der Waals surface area contributed by atoms with E-state index in [1.54, 1.807) is 5.01 Å². The van der Waals surface area contributed by atoms with Crippen molar-refractivity contribution in [2.75, 3.05) is 5.01 Å². The second-order valence-corrected chi connectivity index (χ2v) is 6.78. The van der Waals surface area contributed by atoms with Gasteiger partial charge in [-0.1, -0.05) is 25.1 Å². The van der Waals surface area contributed by atoms with Crippen LogP contribution < -0.4 is 16.1 Å². The van der Waals surface area contributed by atoms with Gasteiger partial charge in [0.2, 0.25) is 5.91 Å². The molecule has 128 valence electrons. The van der Waals surface area contributed by atoms with E-state index in [1.165, 1.54) is 0 Å². The number of rotatable bonds is 4. The Morgan fingerprint density at radius 2 is 1.83 bits per heavy atom. The quantitative estimate of drug-likeness (QED) is 0.883. The largest absolute Gasteiger partial charge is 0.368 e. The summed E-state index contributed by atoms with van der Waals surface area (Å²) in [6.45, 7) is 2.24. The van der Waals surface area contributed by atoms with Gasteiger partial charge in [-0.25, -0.2) is 0 Å². The SMILES string of the molecule is CC1CCC(NC(=O)C2=NN(c3ccccc3)C(C(N)=O)C2)CC1. The molecule has 1 atom stereocenters. The maximum absolute atomic E-state index is 12.5. The molecule has 1 aromatic carbocycles. The zero-order valence-corrected chi connectivity index (χ0v) is 13.9. The molecule has 0 spiro atoms. The van der Waals surface area contributed by atoms with Crippen LogP contribution in [0.15, 0.2) is 35.4 Å². The van der Waals surface area contributed by atoms with Crippen LogP contribution in [0.4, 0.5) is 5.69 Å². The minimum atomic E-state index is -0.612. The van der Waals surface area contributed by atoms with Crippen LogP contribution in [0.25, 0.3) is 0 Å². The summed E-state index contributed by atoms with van der Waals surface area (Å²) in [5.41, 5.74) is 6.64. The molecule has 0 radical (unpaired) electrons. The molecule has 1 fully saturated rings. The summed E-state index contributed by atoms with van der Waals surface area (Å²) in [6, 6.07) is 8.91. The number of benzene rings is 1. The van der Waals surface area contributed by atoms with E-state index < -0.39 is 11.9 Å². The molecule has 2 amide bonds. The van der Waals surface area contributed by atoms with Gasteiger partial charge in [0.1, 0.15) is 11.8 Å². The summed E-state index contributed by atoms with van der Waals surface area (Å²) < 4.78 is 0. The first-order valence-electron chi connectivity index (χ1n) is 8.56. The van der Waals surface area contributed by atoms with E-state index in [-0.39, 0.29) is 18.4 Å². The van der Waals surface area contributed by atoms with Gasteiger partial charge in [0.05, 0.1) is 5.69 Å². The third kappa shape index (κ3) is 3.58. The van der Waals surface area contributed by atoms with Crippen LogP contribution in [-0.2, 0) is 9.59 Å². The fourth-order valence-electron chi connectivity index (χ4n) is 3.36. The van der Waals surface area contributed by atoms with Crippen LogP contribution in [0.3, 0.4) is 0 Å². The monoisotopic (exact) mass is 328 g/mol. The van der Waals surface area contributed by atoms with Crippen LogP contribution >= 0.6 is 0 Å². The van der Waals surface area contributed by atoms with Gasteiger partial charge >= 0.3 is 0 Å². The van der Waals surface area contributed by atoms with E-state index >= 15 is 0 Å². The molecule has 1 aliphatic carbocycles. The van der Waals surface area contributed by atoms with E-state index in [0.717, 1.165) is 37.3 Å². The highest BCUT2D eigenvalue weighted by Crippen LogP contribution is 2.26. The maximum Gasteiger partial charge on any atom is 0.267 e. The first-order valence-corrected chi connectivity index (χ1v) is 8.56. The van der Waals surface area contributed by atoms with E-state index in [2.05, 4.69) is 17.3 Å². The number of primary amides is 1. The van der Waals surface area contributed by atoms with E-state index in [1.807, 2.05) is 30.3 Å². The number of hydrogen-bond acceptors (Lipinski definition) is 4. The van der Waals surface area contributed by atoms with Crippen LogP contribution in [0.5, 0.6) is 0 Å². The molecule has 2 aliphatic rings. The molecule has 0 aromatic heterocycles. The van der Waals surface area contributed by atoms with Crippen molar-refractivity contribution in [3.05, 3.63) is 30.3 Å². The van der Waals surface area contributed by atoms with Gasteiger partial charge in [0.25, 0.3) is 5.91 Å². The molecule has 24 heavy (non-hydrogen) atoms. The Hall–Kier alpha value is -2.37. The van der Waals surface area contributed by atoms with Crippen LogP contribution in [0, 0.1) is 5.92 Å². The average Bonchev–Trinajstić information content (AvgIpc) is 3.03. The van der Waals surface area contributed by atoms with Gasteiger partial charge in [-0.2, -0.15) is 5.10 Å². The Labute approximate surface area is 142 Å². The Balaban J connectivity index is 1.71. The van der Waals surface area contributed by atoms with E-state index in [9.17, 15) is 9.59 Å². The number of hydrazone groups is 1. The van der Waals surface area contributed by atoms with Crippen LogP contribution in [0.2, 0.25) is 0 Å². The van der Waals surface area contributed by atoms with Crippen LogP contribution in [-0.4, -0.2) is 29.6 Å². The molecule has 3 rings (SSSR count). The fourth-order valence-corrected chi connectivity index (χ4v) is 3.36. The third-order valence-corrected chi connectivity index (χ3v) is 4.87. The number of nitrogens with zero attached hydrogens (tertiary/aromatic N) is 2. The lowest BCUT2D eigenvalue weighted by molar-refractivity contribution is -0.119. The molecule has 1 unspecified atom stereocenters. The Bertz CT molecular complexity index is 636. The second kappa shape index (κ2) is 7.03. The highest BCUT2D eigenvalue weighted by molar-refractivity contribution is 6.40. The molecule has 6 heteroatoms. The summed E-state index contributed by atoms with van der Waals surface area (Å²) in [4.78, 5) is 24.3. The smallest absolute Gasteiger partial charge is 0.267 e. The number of anilines is 1. The fraction of sp³-hybridized carbons (Fsp3) is 0.500. The van der Waals surface area contributed by atoms with Crippen molar-refractivity contribution in [3.63, 3.8) is 0 Å². The summed E-state index contributed by atoms with van der Waals surface area (Å²) in [7, 11) is 0. The van der Waals surface area contributed by atoms with Crippen molar-refractivity contribution in [2.45, 2.75) is 51.1 Å². The predicted octanol–water partition coefficient (Wildman–Crippen LogP) is 1.80. The zero-order valence-electron chi connectivity index (χ0n) is 13.9. The standard InChI is InChI=1S/C18H24N4O2/c1-12-7-9-13(10-8-12)20-18(24)15-11-16(17(19)23)22(21-15)14-5-3-2-4-6-14/h2-6,12-13,16H,7-11H2,1H3,(H2,19,23)(H,20,24). The third-order valence-electron chi connectivity index (χ3n) is 4.87. The molecule has 0 saturated heterocycles. The van der Waals surface area contributed by atoms with Gasteiger partial charge < -0.3 is 11.1 Å². The molecule has 0 bridgehead atoms. The Morgan fingerprint density at radius 1 is 1.17 bits per heavy atom. The lowest BCUT2D eigenvalue weighted by Crippen LogP contribution is -2.42. The van der Waals surface area contributed by atoms with Gasteiger partial charge in [0.15, 0.2) is 0 Å². The molecule has 6 nitrogen and oxygen atoms in total. The summed E-state index contributed by atoms with van der Waals surface area (Å²) >= 11 is 0. The van der Waals surface area contributed by atoms with Crippen molar-refractivity contribution in [2.24, 2.45) is 16.8 Å². The van der Waals surface area contributed by atoms with E-state index in [4.69, 9.17) is 5.73 Å². The second-order valence-electron chi connectivity index (χ2n) is 6.78. The normalized spacial score (nSPS) is 26.8. The predicted molar refractivity (Wildman–Crippen MR) is 93.5 cm³/mol. The van der Waals surface area contributed by atoms with Gasteiger partial charge in [-0.15, -0.1) is 0 Å². The lowest BCUT2D eigenvalue weighted by atomic mass is 9.87. The number of carbonyl (C=O) groups excluding carboxylic acids is 2. The number of nitrogens with two attached hydrogens (primary N) is 1. The lowest BCUT2D eigenvalue weighted by Gasteiger charge is -2.26. The summed E-state index contributed by atoms with van der Waals surface area (Å²) in [6.07, 6.45) is 4.53. The highest BCUT2D eigenvalue weighted by atomic mass is 16.2. The Morgan fingerprint density at radius 3 is 2.46 bits per heavy atom. The topological polar surface area (TPSA) is 87.8 Å². The van der Waals surface area contributed by atoms with Crippen molar-refractivity contribution >= 4 is 23.2 Å². The summed E-state index contributed by atoms with van der Waals surface area (Å²) in [5, 5.41) is 9.00. The highest BCUT2D eigenvalue weighted by Gasteiger charge is 2.35. The zero-order chi connectivity index (χ0) is 17.1. The molecule has 1 aliphatic heterocycles. The van der Waals surface area contributed by atoms with Crippen molar-refractivity contribution in [3.8, 4) is 0 Å². The number of hydrogen-bond donors (Lipinski definition) is 2. The number of nitrogens with one attached hydrogen (secondary N) is 1. The van der Waals surface area contributed by atoms with Crippen molar-refractivity contribution < 1.29 is 9.59 Å². The minimum Gasteiger partial charge on any atom is -0.368 e. The molecular weight excluding hydrogens is 304 g/mol.